The minimum absolute atomic E-state index is 0.102. The number of benzene rings is 2. The molecule has 2 aliphatic carbocycles. The van der Waals surface area contributed by atoms with Gasteiger partial charge in [0.25, 0.3) is 0 Å². The van der Waals surface area contributed by atoms with Crippen molar-refractivity contribution in [3.63, 3.8) is 0 Å². The third kappa shape index (κ3) is 5.79. The number of ether oxygens (including phenoxy) is 1. The van der Waals surface area contributed by atoms with Crippen LogP contribution in [0.2, 0.25) is 0 Å². The van der Waals surface area contributed by atoms with Gasteiger partial charge in [-0.3, -0.25) is 0 Å². The Morgan fingerprint density at radius 3 is 2.38 bits per heavy atom. The molecule has 2 aromatic carbocycles. The highest BCUT2D eigenvalue weighted by Gasteiger charge is 2.36. The predicted octanol–water partition coefficient (Wildman–Crippen LogP) is 8.20. The maximum Gasteiger partial charge on any atom is 0.174 e. The van der Waals surface area contributed by atoms with E-state index in [9.17, 15) is 4.39 Å². The monoisotopic (exact) mass is 460 g/mol. The SMILES string of the molecule is C=CCCC1CCC2CC(c3ccc(C#Cc4ccc(OCC=C)cc4)c(F)c3F)CCC2C1. The van der Waals surface area contributed by atoms with Crippen LogP contribution in [0.5, 0.6) is 5.75 Å². The maximum absolute atomic E-state index is 15.1. The number of hydrogen-bond acceptors (Lipinski definition) is 1. The van der Waals surface area contributed by atoms with Crippen LogP contribution in [-0.2, 0) is 0 Å². The summed E-state index contributed by atoms with van der Waals surface area (Å²) in [6, 6.07) is 10.6. The Bertz CT molecular complexity index is 1060. The molecule has 4 atom stereocenters. The van der Waals surface area contributed by atoms with E-state index in [2.05, 4.69) is 25.0 Å². The van der Waals surface area contributed by atoms with E-state index in [-0.39, 0.29) is 11.5 Å². The summed E-state index contributed by atoms with van der Waals surface area (Å²) in [6.07, 6.45) is 12.8. The van der Waals surface area contributed by atoms with Crippen LogP contribution < -0.4 is 4.74 Å². The van der Waals surface area contributed by atoms with Crippen LogP contribution in [0, 0.1) is 41.2 Å². The van der Waals surface area contributed by atoms with E-state index < -0.39 is 11.6 Å². The van der Waals surface area contributed by atoms with Gasteiger partial charge in [0.15, 0.2) is 11.6 Å². The fourth-order valence-corrected chi connectivity index (χ4v) is 5.79. The van der Waals surface area contributed by atoms with Gasteiger partial charge >= 0.3 is 0 Å². The molecule has 4 rings (SSSR count). The van der Waals surface area contributed by atoms with E-state index in [1.165, 1.54) is 25.7 Å². The van der Waals surface area contributed by atoms with Crippen LogP contribution in [0.25, 0.3) is 0 Å². The number of hydrogen-bond donors (Lipinski definition) is 0. The van der Waals surface area contributed by atoms with Crippen molar-refractivity contribution < 1.29 is 13.5 Å². The van der Waals surface area contributed by atoms with Gasteiger partial charge in [-0.25, -0.2) is 8.78 Å². The molecule has 1 nitrogen and oxygen atoms in total. The molecule has 178 valence electrons. The molecule has 0 saturated heterocycles. The lowest BCUT2D eigenvalue weighted by molar-refractivity contribution is 0.114. The standard InChI is InChI=1S/C31H34F2O/c1-3-5-6-23-8-12-26-21-27(14-13-25(26)20-23)29-18-15-24(30(32)31(29)33)11-7-22-9-16-28(17-10-22)34-19-4-2/h3-4,9-10,15-18,23,25-27H,1-2,5-6,8,12-14,19-21H2. The van der Waals surface area contributed by atoms with Crippen LogP contribution in [-0.4, -0.2) is 6.61 Å². The number of halogens is 2. The largest absolute Gasteiger partial charge is 0.490 e. The zero-order chi connectivity index (χ0) is 23.9. The molecule has 0 N–H and O–H groups in total. The summed E-state index contributed by atoms with van der Waals surface area (Å²) in [6.45, 7) is 7.90. The van der Waals surface area contributed by atoms with Crippen molar-refractivity contribution in [1.82, 2.24) is 0 Å². The fraction of sp³-hybridized carbons (Fsp3) is 0.419. The number of allylic oxidation sites excluding steroid dienone is 1. The molecule has 2 aromatic rings. The first-order chi connectivity index (χ1) is 16.6. The lowest BCUT2D eigenvalue weighted by Gasteiger charge is -2.42. The van der Waals surface area contributed by atoms with Crippen molar-refractivity contribution in [1.29, 1.82) is 0 Å². The Labute approximate surface area is 202 Å². The van der Waals surface area contributed by atoms with Crippen molar-refractivity contribution in [3.8, 4) is 17.6 Å². The van der Waals surface area contributed by atoms with Gasteiger partial charge in [-0.15, -0.1) is 6.58 Å². The molecule has 2 aliphatic rings. The molecule has 0 aliphatic heterocycles. The van der Waals surface area contributed by atoms with Crippen LogP contribution in [0.3, 0.4) is 0 Å². The zero-order valence-corrected chi connectivity index (χ0v) is 19.9. The predicted molar refractivity (Wildman–Crippen MR) is 135 cm³/mol. The van der Waals surface area contributed by atoms with Crippen molar-refractivity contribution in [3.05, 3.63) is 90.0 Å². The Hall–Kier alpha value is -2.86. The van der Waals surface area contributed by atoms with Gasteiger partial charge in [0.2, 0.25) is 0 Å². The van der Waals surface area contributed by atoms with Crippen molar-refractivity contribution >= 4 is 0 Å². The van der Waals surface area contributed by atoms with E-state index in [4.69, 9.17) is 4.74 Å². The summed E-state index contributed by atoms with van der Waals surface area (Å²) in [4.78, 5) is 0. The minimum Gasteiger partial charge on any atom is -0.490 e. The number of rotatable bonds is 7. The third-order valence-electron chi connectivity index (χ3n) is 7.62. The molecule has 2 fully saturated rings. The molecular formula is C31H34F2O. The van der Waals surface area contributed by atoms with Gasteiger partial charge in [0.1, 0.15) is 12.4 Å². The second-order valence-electron chi connectivity index (χ2n) is 9.78. The quantitative estimate of drug-likeness (QED) is 0.299. The van der Waals surface area contributed by atoms with E-state index in [0.29, 0.717) is 23.8 Å². The molecule has 0 spiro atoms. The minimum atomic E-state index is -0.828. The molecular weight excluding hydrogens is 426 g/mol. The summed E-state index contributed by atoms with van der Waals surface area (Å²) in [5.41, 5.74) is 1.35. The normalized spacial score (nSPS) is 23.8. The van der Waals surface area contributed by atoms with Gasteiger partial charge < -0.3 is 4.74 Å². The lowest BCUT2D eigenvalue weighted by Crippen LogP contribution is -2.30. The van der Waals surface area contributed by atoms with Crippen molar-refractivity contribution in [2.45, 2.75) is 57.3 Å². The topological polar surface area (TPSA) is 9.23 Å². The summed E-state index contributed by atoms with van der Waals surface area (Å²) < 4.78 is 35.5. The molecule has 0 bridgehead atoms. The van der Waals surface area contributed by atoms with Gasteiger partial charge in [-0.05, 0) is 105 Å². The van der Waals surface area contributed by atoms with Crippen LogP contribution in [0.15, 0.2) is 61.7 Å². The second kappa shape index (κ2) is 11.5. The molecule has 0 radical (unpaired) electrons. The zero-order valence-electron chi connectivity index (χ0n) is 19.9. The van der Waals surface area contributed by atoms with Gasteiger partial charge in [0, 0.05) is 5.56 Å². The van der Waals surface area contributed by atoms with Gasteiger partial charge in [-0.2, -0.15) is 0 Å². The summed E-state index contributed by atoms with van der Waals surface area (Å²) in [7, 11) is 0. The molecule has 3 heteroatoms. The molecule has 0 aromatic heterocycles. The molecule has 4 unspecified atom stereocenters. The average molecular weight is 461 g/mol. The van der Waals surface area contributed by atoms with Gasteiger partial charge in [-0.1, -0.05) is 43.1 Å². The highest BCUT2D eigenvalue weighted by atomic mass is 19.2. The highest BCUT2D eigenvalue weighted by molar-refractivity contribution is 5.46. The molecule has 2 saturated carbocycles. The van der Waals surface area contributed by atoms with Crippen molar-refractivity contribution in [2.75, 3.05) is 6.61 Å². The van der Waals surface area contributed by atoms with E-state index in [1.807, 2.05) is 6.08 Å². The summed E-state index contributed by atoms with van der Waals surface area (Å²) in [5, 5.41) is 0. The third-order valence-corrected chi connectivity index (χ3v) is 7.62. The smallest absolute Gasteiger partial charge is 0.174 e. The number of fused-ring (bicyclic) bond motifs is 1. The molecule has 34 heavy (non-hydrogen) atoms. The van der Waals surface area contributed by atoms with Crippen LogP contribution >= 0.6 is 0 Å². The Kier molecular flexibility index (Phi) is 8.22. The average Bonchev–Trinajstić information content (AvgIpc) is 2.87. The molecule has 0 amide bonds. The summed E-state index contributed by atoms with van der Waals surface area (Å²) in [5.74, 6) is 7.18. The Morgan fingerprint density at radius 2 is 1.62 bits per heavy atom. The van der Waals surface area contributed by atoms with Crippen LogP contribution in [0.4, 0.5) is 8.78 Å². The molecule has 0 heterocycles. The van der Waals surface area contributed by atoms with E-state index in [0.717, 1.165) is 43.1 Å². The first kappa shape index (κ1) is 24.3. The van der Waals surface area contributed by atoms with Crippen molar-refractivity contribution in [2.24, 2.45) is 17.8 Å². The van der Waals surface area contributed by atoms with E-state index >= 15 is 4.39 Å². The first-order valence-electron chi connectivity index (χ1n) is 12.5. The maximum atomic E-state index is 15.1. The first-order valence-corrected chi connectivity index (χ1v) is 12.5. The fourth-order valence-electron chi connectivity index (χ4n) is 5.79. The Balaban J connectivity index is 1.41. The second-order valence-corrected chi connectivity index (χ2v) is 9.78. The van der Waals surface area contributed by atoms with Gasteiger partial charge in [0.05, 0.1) is 5.56 Å². The highest BCUT2D eigenvalue weighted by Crippen LogP contribution is 2.48. The van der Waals surface area contributed by atoms with Crippen LogP contribution in [0.1, 0.15) is 74.0 Å². The Morgan fingerprint density at radius 1 is 0.853 bits per heavy atom. The lowest BCUT2D eigenvalue weighted by atomic mass is 9.63. The summed E-state index contributed by atoms with van der Waals surface area (Å²) >= 11 is 0. The van der Waals surface area contributed by atoms with E-state index in [1.54, 1.807) is 42.5 Å².